The Hall–Kier alpha value is -1.96. The molecule has 0 atom stereocenters. The van der Waals surface area contributed by atoms with E-state index >= 15 is 0 Å². The second kappa shape index (κ2) is 6.47. The molecule has 0 unspecified atom stereocenters. The highest BCUT2D eigenvalue weighted by Gasteiger charge is 2.23. The predicted molar refractivity (Wildman–Crippen MR) is 71.9 cm³/mol. The number of hydrogen-bond acceptors (Lipinski definition) is 5. The quantitative estimate of drug-likeness (QED) is 0.741. The van der Waals surface area contributed by atoms with Crippen LogP contribution < -0.4 is 5.73 Å². The lowest BCUT2D eigenvalue weighted by Gasteiger charge is -2.20. The van der Waals surface area contributed by atoms with Crippen LogP contribution in [0.15, 0.2) is 6.20 Å². The van der Waals surface area contributed by atoms with Gasteiger partial charge in [-0.1, -0.05) is 5.21 Å². The minimum atomic E-state index is -0.305. The molecule has 0 bridgehead atoms. The minimum absolute atomic E-state index is 0.0206. The molecule has 0 spiro atoms. The van der Waals surface area contributed by atoms with Gasteiger partial charge in [-0.15, -0.1) is 5.10 Å². The van der Waals surface area contributed by atoms with Gasteiger partial charge >= 0.3 is 0 Å². The van der Waals surface area contributed by atoms with Crippen LogP contribution in [0.2, 0.25) is 0 Å². The van der Waals surface area contributed by atoms with Crippen molar-refractivity contribution < 1.29 is 9.59 Å². The second-order valence-electron chi connectivity index (χ2n) is 4.90. The normalized spacial score (nSPS) is 14.6. The third-order valence-corrected chi connectivity index (χ3v) is 3.29. The minimum Gasteiger partial charge on any atom is -0.341 e. The van der Waals surface area contributed by atoms with E-state index in [4.69, 9.17) is 5.73 Å². The van der Waals surface area contributed by atoms with Gasteiger partial charge in [0.15, 0.2) is 5.69 Å². The molecular weight excluding hydrogens is 260 g/mol. The Kier molecular flexibility index (Phi) is 4.67. The second-order valence-corrected chi connectivity index (χ2v) is 4.90. The van der Waals surface area contributed by atoms with Gasteiger partial charge in [0.05, 0.1) is 19.3 Å². The van der Waals surface area contributed by atoms with Gasteiger partial charge in [-0.25, -0.2) is 0 Å². The fourth-order valence-electron chi connectivity index (χ4n) is 2.17. The van der Waals surface area contributed by atoms with E-state index < -0.39 is 0 Å². The summed E-state index contributed by atoms with van der Waals surface area (Å²) in [6.07, 6.45) is 3.62. The van der Waals surface area contributed by atoms with Crippen LogP contribution in [0.4, 0.5) is 0 Å². The lowest BCUT2D eigenvalue weighted by molar-refractivity contribution is -0.130. The lowest BCUT2D eigenvalue weighted by Crippen LogP contribution is -2.40. The molecule has 20 heavy (non-hydrogen) atoms. The summed E-state index contributed by atoms with van der Waals surface area (Å²) < 4.78 is 1.52. The Morgan fingerprint density at radius 1 is 1.40 bits per heavy atom. The third-order valence-electron chi connectivity index (χ3n) is 3.29. The first-order chi connectivity index (χ1) is 9.61. The van der Waals surface area contributed by atoms with Crippen LogP contribution in [-0.2, 0) is 11.3 Å². The van der Waals surface area contributed by atoms with Gasteiger partial charge in [0.1, 0.15) is 0 Å². The average Bonchev–Trinajstić information content (AvgIpc) is 3.09. The number of amides is 2. The molecule has 1 aromatic rings. The van der Waals surface area contributed by atoms with Gasteiger partial charge in [0.2, 0.25) is 5.91 Å². The molecule has 0 aliphatic carbocycles. The molecule has 0 radical (unpaired) electrons. The molecule has 2 N–H and O–H groups in total. The first-order valence-electron chi connectivity index (χ1n) is 6.75. The predicted octanol–water partition coefficient (Wildman–Crippen LogP) is -1.07. The maximum absolute atomic E-state index is 12.1. The number of likely N-dealkylation sites (N-methyl/N-ethyl adjacent to an activating group) is 1. The summed E-state index contributed by atoms with van der Waals surface area (Å²) in [5, 5.41) is 7.61. The van der Waals surface area contributed by atoms with Crippen LogP contribution in [0, 0.1) is 0 Å². The van der Waals surface area contributed by atoms with Crippen LogP contribution in [0.25, 0.3) is 0 Å². The summed E-state index contributed by atoms with van der Waals surface area (Å²) in [4.78, 5) is 27.3. The van der Waals surface area contributed by atoms with Gasteiger partial charge < -0.3 is 15.5 Å². The van der Waals surface area contributed by atoms with Crippen LogP contribution in [-0.4, -0.2) is 69.8 Å². The van der Waals surface area contributed by atoms with E-state index in [1.807, 2.05) is 0 Å². The standard InChI is InChI=1S/C12H20N6O2/c1-16(9-11(19)17-5-2-3-6-17)12(20)10-8-18(7-4-13)15-14-10/h8H,2-7,9,13H2,1H3. The van der Waals surface area contributed by atoms with Crippen LogP contribution >= 0.6 is 0 Å². The Bertz CT molecular complexity index is 480. The largest absolute Gasteiger partial charge is 0.341 e. The number of nitrogens with two attached hydrogens (primary N) is 1. The molecule has 2 heterocycles. The summed E-state index contributed by atoms with van der Waals surface area (Å²) in [5.41, 5.74) is 5.64. The number of hydrogen-bond donors (Lipinski definition) is 1. The molecule has 1 aliphatic heterocycles. The van der Waals surface area contributed by atoms with Gasteiger partial charge in [-0.3, -0.25) is 14.3 Å². The van der Waals surface area contributed by atoms with Crippen molar-refractivity contribution in [3.05, 3.63) is 11.9 Å². The molecular formula is C12H20N6O2. The summed E-state index contributed by atoms with van der Waals surface area (Å²) in [7, 11) is 1.60. The number of likely N-dealkylation sites (tertiary alicyclic amines) is 1. The number of nitrogens with zero attached hydrogens (tertiary/aromatic N) is 5. The first-order valence-corrected chi connectivity index (χ1v) is 6.75. The summed E-state index contributed by atoms with van der Waals surface area (Å²) in [5.74, 6) is -0.325. The third kappa shape index (κ3) is 3.32. The maximum atomic E-state index is 12.1. The fourth-order valence-corrected chi connectivity index (χ4v) is 2.17. The van der Waals surface area contributed by atoms with E-state index in [0.29, 0.717) is 13.1 Å². The van der Waals surface area contributed by atoms with E-state index in [9.17, 15) is 9.59 Å². The van der Waals surface area contributed by atoms with E-state index in [1.54, 1.807) is 18.1 Å². The zero-order valence-electron chi connectivity index (χ0n) is 11.7. The van der Waals surface area contributed by atoms with Gasteiger partial charge in [-0.2, -0.15) is 0 Å². The molecule has 1 aromatic heterocycles. The molecule has 2 rings (SSSR count). The molecule has 1 fully saturated rings. The summed E-state index contributed by atoms with van der Waals surface area (Å²) in [6, 6.07) is 0. The Balaban J connectivity index is 1.91. The molecule has 1 saturated heterocycles. The van der Waals surface area contributed by atoms with E-state index in [-0.39, 0.29) is 24.1 Å². The average molecular weight is 280 g/mol. The fraction of sp³-hybridized carbons (Fsp3) is 0.667. The van der Waals surface area contributed by atoms with E-state index in [1.165, 1.54) is 9.58 Å². The molecule has 8 heteroatoms. The highest BCUT2D eigenvalue weighted by atomic mass is 16.2. The Morgan fingerprint density at radius 2 is 2.10 bits per heavy atom. The Labute approximate surface area is 117 Å². The van der Waals surface area contributed by atoms with Gasteiger partial charge in [0, 0.05) is 26.7 Å². The topological polar surface area (TPSA) is 97.4 Å². The van der Waals surface area contributed by atoms with Crippen molar-refractivity contribution in [1.82, 2.24) is 24.8 Å². The number of carbonyl (C=O) groups is 2. The molecule has 110 valence electrons. The highest BCUT2D eigenvalue weighted by Crippen LogP contribution is 2.08. The van der Waals surface area contributed by atoms with Crippen molar-refractivity contribution >= 4 is 11.8 Å². The summed E-state index contributed by atoms with van der Waals surface area (Å²) in [6.45, 7) is 2.58. The zero-order chi connectivity index (χ0) is 14.5. The molecule has 0 aromatic carbocycles. The molecule has 0 saturated carbocycles. The van der Waals surface area contributed by atoms with Crippen molar-refractivity contribution in [2.75, 3.05) is 33.2 Å². The first kappa shape index (κ1) is 14.4. The monoisotopic (exact) mass is 280 g/mol. The highest BCUT2D eigenvalue weighted by molar-refractivity contribution is 5.94. The summed E-state index contributed by atoms with van der Waals surface area (Å²) >= 11 is 0. The van der Waals surface area contributed by atoms with Crippen molar-refractivity contribution in [3.8, 4) is 0 Å². The van der Waals surface area contributed by atoms with Crippen molar-refractivity contribution in [1.29, 1.82) is 0 Å². The molecule has 2 amide bonds. The number of carbonyl (C=O) groups excluding carboxylic acids is 2. The number of rotatable bonds is 5. The van der Waals surface area contributed by atoms with Crippen LogP contribution in [0.5, 0.6) is 0 Å². The smallest absolute Gasteiger partial charge is 0.276 e. The van der Waals surface area contributed by atoms with E-state index in [0.717, 1.165) is 25.9 Å². The maximum Gasteiger partial charge on any atom is 0.276 e. The van der Waals surface area contributed by atoms with E-state index in [2.05, 4.69) is 10.3 Å². The lowest BCUT2D eigenvalue weighted by atomic mass is 10.3. The Morgan fingerprint density at radius 3 is 2.75 bits per heavy atom. The number of aromatic nitrogens is 3. The van der Waals surface area contributed by atoms with Crippen LogP contribution in [0.3, 0.4) is 0 Å². The van der Waals surface area contributed by atoms with Gasteiger partial charge in [-0.05, 0) is 12.8 Å². The SMILES string of the molecule is CN(CC(=O)N1CCCC1)C(=O)c1cn(CCN)nn1. The van der Waals surface area contributed by atoms with Gasteiger partial charge in [0.25, 0.3) is 5.91 Å². The van der Waals surface area contributed by atoms with Crippen LogP contribution in [0.1, 0.15) is 23.3 Å². The van der Waals surface area contributed by atoms with Crippen molar-refractivity contribution in [3.63, 3.8) is 0 Å². The zero-order valence-corrected chi connectivity index (χ0v) is 11.7. The molecule has 1 aliphatic rings. The molecule has 8 nitrogen and oxygen atoms in total. The van der Waals surface area contributed by atoms with Crippen molar-refractivity contribution in [2.24, 2.45) is 5.73 Å². The van der Waals surface area contributed by atoms with Crippen molar-refractivity contribution in [2.45, 2.75) is 19.4 Å².